The van der Waals surface area contributed by atoms with E-state index in [1.165, 1.54) is 0 Å². The van der Waals surface area contributed by atoms with Crippen molar-refractivity contribution in [3.8, 4) is 0 Å². The Morgan fingerprint density at radius 2 is 1.58 bits per heavy atom. The van der Waals surface area contributed by atoms with Crippen LogP contribution < -0.4 is 5.32 Å². The van der Waals surface area contributed by atoms with Gasteiger partial charge in [-0.3, -0.25) is 4.79 Å². The van der Waals surface area contributed by atoms with Gasteiger partial charge in [-0.1, -0.05) is 13.8 Å². The molecule has 1 heterocycles. The van der Waals surface area contributed by atoms with E-state index >= 15 is 0 Å². The van der Waals surface area contributed by atoms with Crippen LogP contribution in [0.4, 0.5) is 4.79 Å². The first-order valence-corrected chi connectivity index (χ1v) is 7.25. The summed E-state index contributed by atoms with van der Waals surface area (Å²) in [6.45, 7) is 6.01. The minimum absolute atomic E-state index is 0.0231. The molecule has 2 N–H and O–H groups in total. The number of hydrogen-bond acceptors (Lipinski definition) is 2. The number of carbonyl (C=O) groups excluding carboxylic acids is 1. The number of carboxylic acids is 1. The van der Waals surface area contributed by atoms with Gasteiger partial charge >= 0.3 is 12.0 Å². The fourth-order valence-corrected chi connectivity index (χ4v) is 3.05. The van der Waals surface area contributed by atoms with Crippen LogP contribution in [0.25, 0.3) is 0 Å². The van der Waals surface area contributed by atoms with Gasteiger partial charge in [0.05, 0.1) is 5.92 Å². The van der Waals surface area contributed by atoms with Crippen molar-refractivity contribution in [3.63, 3.8) is 0 Å². The molecule has 1 saturated heterocycles. The Balaban J connectivity index is 1.77. The SMILES string of the molecule is CC1CN(C(=O)NC2CCC(C(=O)O)CC2)CC1C. The number of urea groups is 1. The molecular weight excluding hydrogens is 244 g/mol. The lowest BCUT2D eigenvalue weighted by molar-refractivity contribution is -0.142. The van der Waals surface area contributed by atoms with E-state index in [2.05, 4.69) is 19.2 Å². The number of carboxylic acid groups (broad SMARTS) is 1. The number of nitrogens with zero attached hydrogens (tertiary/aromatic N) is 1. The number of rotatable bonds is 2. The smallest absolute Gasteiger partial charge is 0.317 e. The molecule has 0 bridgehead atoms. The highest BCUT2D eigenvalue weighted by Gasteiger charge is 2.32. The van der Waals surface area contributed by atoms with Crippen molar-refractivity contribution in [1.82, 2.24) is 10.2 Å². The number of aliphatic carboxylic acids is 1. The summed E-state index contributed by atoms with van der Waals surface area (Å²) in [4.78, 5) is 24.9. The van der Waals surface area contributed by atoms with E-state index in [1.54, 1.807) is 0 Å². The van der Waals surface area contributed by atoms with Gasteiger partial charge in [-0.05, 0) is 37.5 Å². The van der Waals surface area contributed by atoms with E-state index in [0.717, 1.165) is 25.9 Å². The number of likely N-dealkylation sites (tertiary alicyclic amines) is 1. The second-order valence-electron chi connectivity index (χ2n) is 6.20. The number of amides is 2. The number of carbonyl (C=O) groups is 2. The Hall–Kier alpha value is -1.26. The zero-order valence-corrected chi connectivity index (χ0v) is 11.8. The highest BCUT2D eigenvalue weighted by atomic mass is 16.4. The van der Waals surface area contributed by atoms with Crippen molar-refractivity contribution in [1.29, 1.82) is 0 Å². The first-order valence-electron chi connectivity index (χ1n) is 7.25. The van der Waals surface area contributed by atoms with Crippen molar-refractivity contribution < 1.29 is 14.7 Å². The predicted molar refractivity (Wildman–Crippen MR) is 71.8 cm³/mol. The molecule has 5 nitrogen and oxygen atoms in total. The maximum atomic E-state index is 12.1. The maximum Gasteiger partial charge on any atom is 0.317 e. The molecule has 2 amide bonds. The molecule has 2 rings (SSSR count). The molecule has 2 atom stereocenters. The fourth-order valence-electron chi connectivity index (χ4n) is 3.05. The van der Waals surface area contributed by atoms with Crippen LogP contribution in [0.15, 0.2) is 0 Å². The molecule has 1 saturated carbocycles. The second kappa shape index (κ2) is 5.80. The molecule has 5 heteroatoms. The summed E-state index contributed by atoms with van der Waals surface area (Å²) >= 11 is 0. The third kappa shape index (κ3) is 3.39. The third-order valence-corrected chi connectivity index (χ3v) is 4.68. The number of hydrogen-bond donors (Lipinski definition) is 2. The van der Waals surface area contributed by atoms with Crippen LogP contribution in [0.5, 0.6) is 0 Å². The summed E-state index contributed by atoms with van der Waals surface area (Å²) in [5, 5.41) is 12.0. The molecule has 2 fully saturated rings. The van der Waals surface area contributed by atoms with E-state index in [1.807, 2.05) is 4.90 Å². The van der Waals surface area contributed by atoms with Gasteiger partial charge in [0.1, 0.15) is 0 Å². The van der Waals surface area contributed by atoms with Gasteiger partial charge in [0.2, 0.25) is 0 Å². The average molecular weight is 268 g/mol. The van der Waals surface area contributed by atoms with Gasteiger partial charge in [-0.15, -0.1) is 0 Å². The van der Waals surface area contributed by atoms with E-state index in [-0.39, 0.29) is 18.0 Å². The van der Waals surface area contributed by atoms with Crippen LogP contribution in [0.1, 0.15) is 39.5 Å². The van der Waals surface area contributed by atoms with Crippen LogP contribution in [0, 0.1) is 17.8 Å². The average Bonchev–Trinajstić information content (AvgIpc) is 2.70. The Labute approximate surface area is 114 Å². The molecule has 19 heavy (non-hydrogen) atoms. The van der Waals surface area contributed by atoms with Crippen LogP contribution >= 0.6 is 0 Å². The van der Waals surface area contributed by atoms with Crippen molar-refractivity contribution in [2.45, 2.75) is 45.6 Å². The standard InChI is InChI=1S/C14H24N2O3/c1-9-7-16(8-10(9)2)14(19)15-12-5-3-11(4-6-12)13(17)18/h9-12H,3-8H2,1-2H3,(H,15,19)(H,17,18). The van der Waals surface area contributed by atoms with Crippen LogP contribution in [-0.2, 0) is 4.79 Å². The van der Waals surface area contributed by atoms with E-state index in [9.17, 15) is 9.59 Å². The van der Waals surface area contributed by atoms with Crippen molar-refractivity contribution >= 4 is 12.0 Å². The van der Waals surface area contributed by atoms with E-state index in [0.29, 0.717) is 24.7 Å². The minimum Gasteiger partial charge on any atom is -0.481 e. The Bertz CT molecular complexity index is 341. The third-order valence-electron chi connectivity index (χ3n) is 4.68. The summed E-state index contributed by atoms with van der Waals surface area (Å²) in [7, 11) is 0. The Morgan fingerprint density at radius 3 is 2.05 bits per heavy atom. The largest absolute Gasteiger partial charge is 0.481 e. The van der Waals surface area contributed by atoms with Crippen molar-refractivity contribution in [3.05, 3.63) is 0 Å². The predicted octanol–water partition coefficient (Wildman–Crippen LogP) is 1.93. The summed E-state index contributed by atoms with van der Waals surface area (Å²) in [6, 6.07) is 0.171. The Morgan fingerprint density at radius 1 is 1.05 bits per heavy atom. The van der Waals surface area contributed by atoms with Crippen LogP contribution in [-0.4, -0.2) is 41.1 Å². The zero-order valence-electron chi connectivity index (χ0n) is 11.8. The summed E-state index contributed by atoms with van der Waals surface area (Å²) in [5.74, 6) is 0.203. The highest BCUT2D eigenvalue weighted by Crippen LogP contribution is 2.26. The van der Waals surface area contributed by atoms with E-state index in [4.69, 9.17) is 5.11 Å². The molecule has 2 aliphatic rings. The maximum absolute atomic E-state index is 12.1. The second-order valence-corrected chi connectivity index (χ2v) is 6.20. The quantitative estimate of drug-likeness (QED) is 0.804. The lowest BCUT2D eigenvalue weighted by atomic mass is 9.86. The fraction of sp³-hybridized carbons (Fsp3) is 0.857. The van der Waals surface area contributed by atoms with Crippen molar-refractivity contribution in [2.24, 2.45) is 17.8 Å². The molecule has 1 aliphatic heterocycles. The topological polar surface area (TPSA) is 69.6 Å². The molecule has 1 aliphatic carbocycles. The van der Waals surface area contributed by atoms with Gasteiger partial charge < -0.3 is 15.3 Å². The monoisotopic (exact) mass is 268 g/mol. The van der Waals surface area contributed by atoms with Crippen LogP contribution in [0.2, 0.25) is 0 Å². The van der Waals surface area contributed by atoms with Gasteiger partial charge in [0.25, 0.3) is 0 Å². The first kappa shape index (κ1) is 14.2. The van der Waals surface area contributed by atoms with Crippen molar-refractivity contribution in [2.75, 3.05) is 13.1 Å². The Kier molecular flexibility index (Phi) is 4.32. The summed E-state index contributed by atoms with van der Waals surface area (Å²) in [5.41, 5.74) is 0. The highest BCUT2D eigenvalue weighted by molar-refractivity contribution is 5.75. The van der Waals surface area contributed by atoms with Gasteiger partial charge in [0, 0.05) is 19.1 Å². The molecule has 0 aromatic rings. The molecule has 0 aromatic heterocycles. The normalized spacial score (nSPS) is 35.2. The van der Waals surface area contributed by atoms with Crippen LogP contribution in [0.3, 0.4) is 0 Å². The lowest BCUT2D eigenvalue weighted by Crippen LogP contribution is -2.45. The van der Waals surface area contributed by atoms with Gasteiger partial charge in [-0.2, -0.15) is 0 Å². The molecule has 0 spiro atoms. The summed E-state index contributed by atoms with van der Waals surface area (Å²) < 4.78 is 0. The number of nitrogens with one attached hydrogen (secondary N) is 1. The summed E-state index contributed by atoms with van der Waals surface area (Å²) in [6.07, 6.45) is 2.91. The zero-order chi connectivity index (χ0) is 14.0. The molecule has 2 unspecified atom stereocenters. The molecule has 108 valence electrons. The minimum atomic E-state index is -0.702. The molecule has 0 aromatic carbocycles. The van der Waals surface area contributed by atoms with E-state index < -0.39 is 5.97 Å². The lowest BCUT2D eigenvalue weighted by Gasteiger charge is -2.28. The molecule has 0 radical (unpaired) electrons. The van der Waals surface area contributed by atoms with Gasteiger partial charge in [-0.25, -0.2) is 4.79 Å². The first-order chi connectivity index (χ1) is 8.97. The van der Waals surface area contributed by atoms with Gasteiger partial charge in [0.15, 0.2) is 0 Å². The molecular formula is C14H24N2O3.